The SMILES string of the molecule is Cc1cc(C)cc(OCC(=O)N[C@H]2CC(C)(C)Oc3ccc(C)cc32)c1. The van der Waals surface area contributed by atoms with Gasteiger partial charge in [-0.2, -0.15) is 0 Å². The van der Waals surface area contributed by atoms with Crippen LogP contribution in [0.1, 0.15) is 48.6 Å². The highest BCUT2D eigenvalue weighted by Gasteiger charge is 2.34. The van der Waals surface area contributed by atoms with Crippen LogP contribution >= 0.6 is 0 Å². The van der Waals surface area contributed by atoms with E-state index in [1.807, 2.05) is 58.9 Å². The van der Waals surface area contributed by atoms with Gasteiger partial charge >= 0.3 is 0 Å². The fourth-order valence-electron chi connectivity index (χ4n) is 3.50. The third-order valence-electron chi connectivity index (χ3n) is 4.52. The Labute approximate surface area is 155 Å². The molecule has 1 aliphatic heterocycles. The van der Waals surface area contributed by atoms with Crippen molar-refractivity contribution in [3.63, 3.8) is 0 Å². The number of amides is 1. The number of hydrogen-bond donors (Lipinski definition) is 1. The van der Waals surface area contributed by atoms with Gasteiger partial charge in [-0.15, -0.1) is 0 Å². The summed E-state index contributed by atoms with van der Waals surface area (Å²) in [5, 5.41) is 3.11. The van der Waals surface area contributed by atoms with Crippen molar-refractivity contribution >= 4 is 5.91 Å². The lowest BCUT2D eigenvalue weighted by Gasteiger charge is -2.38. The monoisotopic (exact) mass is 353 g/mol. The van der Waals surface area contributed by atoms with Gasteiger partial charge in [0.1, 0.15) is 17.1 Å². The maximum Gasteiger partial charge on any atom is 0.258 e. The Morgan fingerprint density at radius 1 is 1.12 bits per heavy atom. The first-order chi connectivity index (χ1) is 12.2. The Hall–Kier alpha value is -2.49. The molecular weight excluding hydrogens is 326 g/mol. The second-order valence-electron chi connectivity index (χ2n) is 7.84. The highest BCUT2D eigenvalue weighted by atomic mass is 16.5. The van der Waals surface area contributed by atoms with Crippen molar-refractivity contribution in [2.75, 3.05) is 6.61 Å². The molecule has 0 aliphatic carbocycles. The van der Waals surface area contributed by atoms with E-state index in [0.717, 1.165) is 40.2 Å². The lowest BCUT2D eigenvalue weighted by Crippen LogP contribution is -2.42. The summed E-state index contributed by atoms with van der Waals surface area (Å²) >= 11 is 0. The van der Waals surface area contributed by atoms with Crippen molar-refractivity contribution in [3.05, 3.63) is 58.7 Å². The van der Waals surface area contributed by atoms with Crippen LogP contribution in [0, 0.1) is 20.8 Å². The first-order valence-electron chi connectivity index (χ1n) is 9.02. The molecule has 2 aromatic carbocycles. The van der Waals surface area contributed by atoms with E-state index in [2.05, 4.69) is 17.4 Å². The maximum atomic E-state index is 12.5. The van der Waals surface area contributed by atoms with Gasteiger partial charge in [0.25, 0.3) is 5.91 Å². The number of hydrogen-bond acceptors (Lipinski definition) is 3. The van der Waals surface area contributed by atoms with Crippen molar-refractivity contribution in [2.45, 2.75) is 52.7 Å². The zero-order chi connectivity index (χ0) is 18.9. The fraction of sp³-hybridized carbons (Fsp3) is 0.409. The van der Waals surface area contributed by atoms with Gasteiger partial charge in [0.05, 0.1) is 6.04 Å². The minimum atomic E-state index is -0.325. The molecule has 0 saturated carbocycles. The Balaban J connectivity index is 1.69. The fourth-order valence-corrected chi connectivity index (χ4v) is 3.50. The van der Waals surface area contributed by atoms with Crippen molar-refractivity contribution in [1.82, 2.24) is 5.32 Å². The van der Waals surface area contributed by atoms with Crippen LogP contribution in [-0.2, 0) is 4.79 Å². The van der Waals surface area contributed by atoms with E-state index in [1.54, 1.807) is 0 Å². The predicted octanol–water partition coefficient (Wildman–Crippen LogP) is 4.41. The summed E-state index contributed by atoms with van der Waals surface area (Å²) in [5.41, 5.74) is 4.10. The van der Waals surface area contributed by atoms with Gasteiger partial charge in [-0.05, 0) is 63.9 Å². The highest BCUT2D eigenvalue weighted by Crippen LogP contribution is 2.39. The van der Waals surface area contributed by atoms with E-state index < -0.39 is 0 Å². The third kappa shape index (κ3) is 4.37. The van der Waals surface area contributed by atoms with Crippen LogP contribution in [0.5, 0.6) is 11.5 Å². The molecule has 1 atom stereocenters. The Kier molecular flexibility index (Phi) is 4.94. The number of aryl methyl sites for hydroxylation is 3. The summed E-state index contributed by atoms with van der Waals surface area (Å²) in [6.45, 7) is 10.2. The number of fused-ring (bicyclic) bond motifs is 1. The van der Waals surface area contributed by atoms with Gasteiger partial charge in [-0.1, -0.05) is 23.8 Å². The average Bonchev–Trinajstić information content (AvgIpc) is 2.52. The molecule has 0 fully saturated rings. The molecule has 0 aromatic heterocycles. The molecule has 3 rings (SSSR count). The van der Waals surface area contributed by atoms with Crippen LogP contribution in [0.3, 0.4) is 0 Å². The van der Waals surface area contributed by atoms with Crippen LogP contribution in [0.25, 0.3) is 0 Å². The molecule has 1 heterocycles. The molecule has 26 heavy (non-hydrogen) atoms. The quantitative estimate of drug-likeness (QED) is 0.886. The molecule has 1 aliphatic rings. The van der Waals surface area contributed by atoms with Crippen LogP contribution in [0.15, 0.2) is 36.4 Å². The molecule has 1 N–H and O–H groups in total. The number of rotatable bonds is 4. The summed E-state index contributed by atoms with van der Waals surface area (Å²) in [4.78, 5) is 12.5. The van der Waals surface area contributed by atoms with Gasteiger partial charge in [0.15, 0.2) is 6.61 Å². The summed E-state index contributed by atoms with van der Waals surface area (Å²) < 4.78 is 11.8. The molecule has 0 saturated heterocycles. The van der Waals surface area contributed by atoms with E-state index >= 15 is 0 Å². The first-order valence-corrected chi connectivity index (χ1v) is 9.02. The number of nitrogens with one attached hydrogen (secondary N) is 1. The van der Waals surface area contributed by atoms with Gasteiger partial charge in [0.2, 0.25) is 0 Å². The topological polar surface area (TPSA) is 47.6 Å². The molecule has 2 aromatic rings. The number of ether oxygens (including phenoxy) is 2. The van der Waals surface area contributed by atoms with Crippen molar-refractivity contribution in [3.8, 4) is 11.5 Å². The minimum absolute atomic E-state index is 0.00181. The van der Waals surface area contributed by atoms with Crippen molar-refractivity contribution in [1.29, 1.82) is 0 Å². The van der Waals surface area contributed by atoms with E-state index in [0.29, 0.717) is 0 Å². The predicted molar refractivity (Wildman–Crippen MR) is 103 cm³/mol. The number of carbonyl (C=O) groups is 1. The maximum absolute atomic E-state index is 12.5. The van der Waals surface area contributed by atoms with Crippen LogP contribution in [-0.4, -0.2) is 18.1 Å². The molecule has 1 amide bonds. The summed E-state index contributed by atoms with van der Waals surface area (Å²) in [6, 6.07) is 12.0. The Morgan fingerprint density at radius 3 is 2.50 bits per heavy atom. The van der Waals surface area contributed by atoms with Crippen molar-refractivity contribution < 1.29 is 14.3 Å². The zero-order valence-corrected chi connectivity index (χ0v) is 16.2. The van der Waals surface area contributed by atoms with Gasteiger partial charge in [-0.25, -0.2) is 0 Å². The second kappa shape index (κ2) is 7.02. The zero-order valence-electron chi connectivity index (χ0n) is 16.2. The van der Waals surface area contributed by atoms with E-state index in [1.165, 1.54) is 0 Å². The summed E-state index contributed by atoms with van der Waals surface area (Å²) in [6.07, 6.45) is 0.721. The van der Waals surface area contributed by atoms with Gasteiger partial charge < -0.3 is 14.8 Å². The molecule has 0 unspecified atom stereocenters. The van der Waals surface area contributed by atoms with Crippen molar-refractivity contribution in [2.24, 2.45) is 0 Å². The molecule has 4 heteroatoms. The smallest absolute Gasteiger partial charge is 0.258 e. The molecule has 0 spiro atoms. The molecule has 138 valence electrons. The highest BCUT2D eigenvalue weighted by molar-refractivity contribution is 5.78. The minimum Gasteiger partial charge on any atom is -0.487 e. The lowest BCUT2D eigenvalue weighted by molar-refractivity contribution is -0.124. The molecule has 0 radical (unpaired) electrons. The third-order valence-corrected chi connectivity index (χ3v) is 4.52. The van der Waals surface area contributed by atoms with Crippen LogP contribution < -0.4 is 14.8 Å². The average molecular weight is 353 g/mol. The molecule has 0 bridgehead atoms. The number of carbonyl (C=O) groups excluding carboxylic acids is 1. The Bertz CT molecular complexity index is 806. The normalized spacial score (nSPS) is 17.8. The van der Waals surface area contributed by atoms with Gasteiger partial charge in [-0.3, -0.25) is 4.79 Å². The van der Waals surface area contributed by atoms with Gasteiger partial charge in [0, 0.05) is 12.0 Å². The number of benzene rings is 2. The first kappa shape index (κ1) is 18.3. The van der Waals surface area contributed by atoms with Crippen LogP contribution in [0.4, 0.5) is 0 Å². The summed E-state index contributed by atoms with van der Waals surface area (Å²) in [7, 11) is 0. The van der Waals surface area contributed by atoms with E-state index in [9.17, 15) is 4.79 Å². The lowest BCUT2D eigenvalue weighted by atomic mass is 9.89. The van der Waals surface area contributed by atoms with E-state index in [-0.39, 0.29) is 24.2 Å². The Morgan fingerprint density at radius 2 is 1.81 bits per heavy atom. The summed E-state index contributed by atoms with van der Waals surface area (Å²) in [5.74, 6) is 1.44. The molecule has 4 nitrogen and oxygen atoms in total. The standard InChI is InChI=1S/C22H27NO3/c1-14-6-7-20-18(11-14)19(12-22(4,5)26-20)23-21(24)13-25-17-9-15(2)8-16(3)10-17/h6-11,19H,12-13H2,1-5H3,(H,23,24)/t19-/m0/s1. The second-order valence-corrected chi connectivity index (χ2v) is 7.84. The van der Waals surface area contributed by atoms with E-state index in [4.69, 9.17) is 9.47 Å². The largest absolute Gasteiger partial charge is 0.487 e. The van der Waals surface area contributed by atoms with Crippen LogP contribution in [0.2, 0.25) is 0 Å². The molecular formula is C22H27NO3.